The van der Waals surface area contributed by atoms with Crippen molar-refractivity contribution in [3.8, 4) is 0 Å². The summed E-state index contributed by atoms with van der Waals surface area (Å²) in [6.07, 6.45) is 0. The topological polar surface area (TPSA) is 60.4 Å². The van der Waals surface area contributed by atoms with Gasteiger partial charge in [0.25, 0.3) is 0 Å². The van der Waals surface area contributed by atoms with Crippen LogP contribution in [0.5, 0.6) is 0 Å². The van der Waals surface area contributed by atoms with Crippen molar-refractivity contribution in [3.05, 3.63) is 78.4 Å². The van der Waals surface area contributed by atoms with Gasteiger partial charge in [-0.2, -0.15) is 0 Å². The zero-order chi connectivity index (χ0) is 16.0. The molecule has 114 valence electrons. The number of benzene rings is 2. The van der Waals surface area contributed by atoms with Gasteiger partial charge in [-0.3, -0.25) is 0 Å². The van der Waals surface area contributed by atoms with Crippen LogP contribution in [-0.2, 0) is 26.0 Å². The number of rotatable bonds is 6. The SMILES string of the molecule is C=C(CS(=O)(=O)c1ccccc1)C(=O)OCc1ccccc1. The predicted octanol–water partition coefficient (Wildman–Crippen LogP) is 2.76. The fourth-order valence-electron chi connectivity index (χ4n) is 1.82. The monoisotopic (exact) mass is 316 g/mol. The standard InChI is InChI=1S/C17H16O4S/c1-14(13-22(19,20)16-10-6-3-7-11-16)17(18)21-12-15-8-4-2-5-9-15/h2-11H,1,12-13H2. The highest BCUT2D eigenvalue weighted by atomic mass is 32.2. The van der Waals surface area contributed by atoms with E-state index in [9.17, 15) is 13.2 Å². The number of esters is 1. The van der Waals surface area contributed by atoms with Crippen LogP contribution in [0.25, 0.3) is 0 Å². The summed E-state index contributed by atoms with van der Waals surface area (Å²) in [5.74, 6) is -1.16. The van der Waals surface area contributed by atoms with Crippen LogP contribution in [0.3, 0.4) is 0 Å². The number of ether oxygens (including phenoxy) is 1. The second-order valence-electron chi connectivity index (χ2n) is 4.74. The summed E-state index contributed by atoms with van der Waals surface area (Å²) in [5, 5.41) is 0. The van der Waals surface area contributed by atoms with Gasteiger partial charge in [0.1, 0.15) is 6.61 Å². The minimum atomic E-state index is -3.59. The molecule has 0 unspecified atom stereocenters. The Hall–Kier alpha value is -2.40. The van der Waals surface area contributed by atoms with Crippen molar-refractivity contribution in [2.45, 2.75) is 11.5 Å². The zero-order valence-corrected chi connectivity index (χ0v) is 12.8. The molecule has 22 heavy (non-hydrogen) atoms. The molecule has 0 heterocycles. The summed E-state index contributed by atoms with van der Waals surface area (Å²) in [4.78, 5) is 12.0. The Bertz CT molecular complexity index is 750. The van der Waals surface area contributed by atoms with Gasteiger partial charge < -0.3 is 4.74 Å². The van der Waals surface area contributed by atoms with Gasteiger partial charge >= 0.3 is 5.97 Å². The lowest BCUT2D eigenvalue weighted by atomic mass is 10.2. The van der Waals surface area contributed by atoms with Crippen LogP contribution in [0.1, 0.15) is 5.56 Å². The van der Waals surface area contributed by atoms with E-state index >= 15 is 0 Å². The predicted molar refractivity (Wildman–Crippen MR) is 83.9 cm³/mol. The average molecular weight is 316 g/mol. The van der Waals surface area contributed by atoms with Gasteiger partial charge in [0.2, 0.25) is 0 Å². The molecule has 0 atom stereocenters. The van der Waals surface area contributed by atoms with E-state index in [4.69, 9.17) is 4.74 Å². The highest BCUT2D eigenvalue weighted by molar-refractivity contribution is 7.91. The fraction of sp³-hybridized carbons (Fsp3) is 0.118. The first-order valence-electron chi connectivity index (χ1n) is 6.66. The maximum atomic E-state index is 12.2. The van der Waals surface area contributed by atoms with Gasteiger partial charge in [-0.05, 0) is 17.7 Å². The molecular weight excluding hydrogens is 300 g/mol. The summed E-state index contributed by atoms with van der Waals surface area (Å²) in [7, 11) is -3.59. The maximum Gasteiger partial charge on any atom is 0.334 e. The molecular formula is C17H16O4S. The van der Waals surface area contributed by atoms with Crippen molar-refractivity contribution in [2.24, 2.45) is 0 Å². The van der Waals surface area contributed by atoms with Crippen molar-refractivity contribution in [1.29, 1.82) is 0 Å². The van der Waals surface area contributed by atoms with E-state index in [0.717, 1.165) is 5.56 Å². The Balaban J connectivity index is 1.96. The van der Waals surface area contributed by atoms with Crippen LogP contribution >= 0.6 is 0 Å². The minimum Gasteiger partial charge on any atom is -0.457 e. The van der Waals surface area contributed by atoms with Gasteiger partial charge in [0.05, 0.1) is 10.6 Å². The number of carbonyl (C=O) groups is 1. The van der Waals surface area contributed by atoms with Crippen LogP contribution in [0.15, 0.2) is 77.7 Å². The molecule has 0 bridgehead atoms. The largest absolute Gasteiger partial charge is 0.457 e. The first-order valence-corrected chi connectivity index (χ1v) is 8.31. The number of sulfone groups is 1. The summed E-state index contributed by atoms with van der Waals surface area (Å²) in [6.45, 7) is 3.61. The van der Waals surface area contributed by atoms with Crippen molar-refractivity contribution >= 4 is 15.8 Å². The minimum absolute atomic E-state index is 0.0835. The molecule has 5 heteroatoms. The third-order valence-electron chi connectivity index (χ3n) is 2.97. The van der Waals surface area contributed by atoms with Crippen LogP contribution < -0.4 is 0 Å². The van der Waals surface area contributed by atoms with E-state index in [0.29, 0.717) is 0 Å². The van der Waals surface area contributed by atoms with Gasteiger partial charge in [0.15, 0.2) is 9.84 Å². The van der Waals surface area contributed by atoms with Gasteiger partial charge in [-0.1, -0.05) is 55.1 Å². The Labute approximate surface area is 130 Å². The smallest absolute Gasteiger partial charge is 0.334 e. The third-order valence-corrected chi connectivity index (χ3v) is 4.69. The van der Waals surface area contributed by atoms with Crippen LogP contribution in [0.4, 0.5) is 0 Å². The molecule has 0 aromatic heterocycles. The lowest BCUT2D eigenvalue weighted by molar-refractivity contribution is -0.140. The van der Waals surface area contributed by atoms with Crippen LogP contribution in [-0.4, -0.2) is 20.1 Å². The molecule has 0 amide bonds. The van der Waals surface area contributed by atoms with Crippen molar-refractivity contribution in [2.75, 3.05) is 5.75 Å². The second kappa shape index (κ2) is 7.04. The van der Waals surface area contributed by atoms with E-state index in [1.807, 2.05) is 30.3 Å². The van der Waals surface area contributed by atoms with Crippen LogP contribution in [0, 0.1) is 0 Å². The molecule has 0 aliphatic rings. The Morgan fingerprint density at radius 3 is 2.09 bits per heavy atom. The molecule has 4 nitrogen and oxygen atoms in total. The van der Waals surface area contributed by atoms with Crippen molar-refractivity contribution in [1.82, 2.24) is 0 Å². The molecule has 2 rings (SSSR count). The highest BCUT2D eigenvalue weighted by Gasteiger charge is 2.20. The molecule has 0 aliphatic carbocycles. The molecule has 0 saturated heterocycles. The molecule has 0 fully saturated rings. The zero-order valence-electron chi connectivity index (χ0n) is 11.9. The number of hydrogen-bond acceptors (Lipinski definition) is 4. The number of hydrogen-bond donors (Lipinski definition) is 0. The highest BCUT2D eigenvalue weighted by Crippen LogP contribution is 2.14. The molecule has 0 spiro atoms. The lowest BCUT2D eigenvalue weighted by Gasteiger charge is -2.08. The quantitative estimate of drug-likeness (QED) is 0.607. The summed E-state index contributed by atoms with van der Waals surface area (Å²) >= 11 is 0. The second-order valence-corrected chi connectivity index (χ2v) is 6.73. The Kier molecular flexibility index (Phi) is 5.12. The van der Waals surface area contributed by atoms with Crippen molar-refractivity contribution < 1.29 is 17.9 Å². The molecule has 0 N–H and O–H groups in total. The average Bonchev–Trinajstić information content (AvgIpc) is 2.54. The Morgan fingerprint density at radius 2 is 1.50 bits per heavy atom. The maximum absolute atomic E-state index is 12.2. The van der Waals surface area contributed by atoms with E-state index in [2.05, 4.69) is 6.58 Å². The summed E-state index contributed by atoms with van der Waals surface area (Å²) < 4.78 is 29.4. The van der Waals surface area contributed by atoms with Gasteiger partial charge in [-0.15, -0.1) is 0 Å². The first-order chi connectivity index (χ1) is 10.5. The molecule has 2 aromatic rings. The normalized spacial score (nSPS) is 10.9. The molecule has 2 aromatic carbocycles. The van der Waals surface area contributed by atoms with Crippen LogP contribution in [0.2, 0.25) is 0 Å². The number of carbonyl (C=O) groups excluding carboxylic acids is 1. The molecule has 0 radical (unpaired) electrons. The van der Waals surface area contributed by atoms with Gasteiger partial charge in [0, 0.05) is 5.57 Å². The third kappa shape index (κ3) is 4.30. The summed E-state index contributed by atoms with van der Waals surface area (Å²) in [6, 6.07) is 17.1. The van der Waals surface area contributed by atoms with E-state index in [1.165, 1.54) is 12.1 Å². The first kappa shape index (κ1) is 16.0. The van der Waals surface area contributed by atoms with E-state index < -0.39 is 21.6 Å². The fourth-order valence-corrected chi connectivity index (χ4v) is 3.14. The van der Waals surface area contributed by atoms with Gasteiger partial charge in [-0.25, -0.2) is 13.2 Å². The van der Waals surface area contributed by atoms with Crippen molar-refractivity contribution in [3.63, 3.8) is 0 Å². The molecule has 0 saturated carbocycles. The molecule has 0 aliphatic heterocycles. The Morgan fingerprint density at radius 1 is 0.955 bits per heavy atom. The summed E-state index contributed by atoms with van der Waals surface area (Å²) in [5.41, 5.74) is 0.745. The van der Waals surface area contributed by atoms with E-state index in [-0.39, 0.29) is 17.1 Å². The van der Waals surface area contributed by atoms with E-state index in [1.54, 1.807) is 18.2 Å². The lowest BCUT2D eigenvalue weighted by Crippen LogP contribution is -2.16.